The van der Waals surface area contributed by atoms with Crippen LogP contribution < -0.4 is 4.74 Å². The Kier molecular flexibility index (Phi) is 8.50. The van der Waals surface area contributed by atoms with Crippen molar-refractivity contribution >= 4 is 28.1 Å². The van der Waals surface area contributed by atoms with Crippen LogP contribution in [0, 0.1) is 12.7 Å². The second kappa shape index (κ2) is 12.0. The van der Waals surface area contributed by atoms with Gasteiger partial charge in [0.05, 0.1) is 0 Å². The van der Waals surface area contributed by atoms with Crippen molar-refractivity contribution in [1.29, 1.82) is 0 Å². The topological polar surface area (TPSA) is 73.3 Å². The highest BCUT2D eigenvalue weighted by atomic mass is 79.9. The molecule has 0 unspecified atom stereocenters. The molecule has 0 saturated heterocycles. The molecule has 1 N–H and O–H groups in total. The minimum absolute atomic E-state index is 0.0358. The Balaban J connectivity index is 1.25. The third-order valence-corrected chi connectivity index (χ3v) is 6.17. The number of aliphatic hydroxyl groups is 1. The second-order valence-corrected chi connectivity index (χ2v) is 9.12. The Labute approximate surface area is 212 Å². The van der Waals surface area contributed by atoms with Crippen LogP contribution in [0.25, 0.3) is 12.2 Å². The van der Waals surface area contributed by atoms with Crippen LogP contribution in [0.4, 0.5) is 4.39 Å². The van der Waals surface area contributed by atoms with Crippen LogP contribution in [0.1, 0.15) is 46.9 Å². The summed E-state index contributed by atoms with van der Waals surface area (Å²) in [5, 5.41) is 9.28. The van der Waals surface area contributed by atoms with Crippen molar-refractivity contribution in [2.24, 2.45) is 0 Å². The van der Waals surface area contributed by atoms with Crippen LogP contribution in [0.5, 0.6) is 5.75 Å². The predicted molar refractivity (Wildman–Crippen MR) is 136 cm³/mol. The summed E-state index contributed by atoms with van der Waals surface area (Å²) >= 11 is 3.25. The summed E-state index contributed by atoms with van der Waals surface area (Å²) in [4.78, 5) is 8.51. The van der Waals surface area contributed by atoms with Gasteiger partial charge in [-0.2, -0.15) is 0 Å². The first-order valence-electron chi connectivity index (χ1n) is 11.4. The number of unbranched alkanes of at least 4 members (excludes halogenated alkanes) is 1. The van der Waals surface area contributed by atoms with Crippen molar-refractivity contribution in [2.45, 2.75) is 45.9 Å². The van der Waals surface area contributed by atoms with Crippen LogP contribution in [-0.4, -0.2) is 19.6 Å². The fourth-order valence-electron chi connectivity index (χ4n) is 3.75. The SMILES string of the molecule is Cc1cc(OCc2coc(/C=C/c3ccc(Br)cc3F)n2)ccc1CCCCn1ccnc1CO. The molecule has 6 nitrogen and oxygen atoms in total. The van der Waals surface area contributed by atoms with Crippen LogP contribution in [0.3, 0.4) is 0 Å². The van der Waals surface area contributed by atoms with Gasteiger partial charge in [-0.05, 0) is 67.7 Å². The average molecular weight is 540 g/mol. The van der Waals surface area contributed by atoms with E-state index < -0.39 is 0 Å². The number of aryl methyl sites for hydroxylation is 3. The second-order valence-electron chi connectivity index (χ2n) is 8.21. The van der Waals surface area contributed by atoms with Gasteiger partial charge in [0, 0.05) is 35.1 Å². The van der Waals surface area contributed by atoms with Gasteiger partial charge in [0.25, 0.3) is 0 Å². The maximum Gasteiger partial charge on any atom is 0.218 e. The van der Waals surface area contributed by atoms with E-state index in [1.165, 1.54) is 17.2 Å². The summed E-state index contributed by atoms with van der Waals surface area (Å²) in [6.45, 7) is 3.18. The zero-order chi connectivity index (χ0) is 24.6. The Morgan fingerprint density at radius 2 is 2.06 bits per heavy atom. The number of imidazole rings is 1. The first-order valence-corrected chi connectivity index (χ1v) is 12.2. The normalized spacial score (nSPS) is 11.4. The summed E-state index contributed by atoms with van der Waals surface area (Å²) in [6.07, 6.45) is 11.5. The molecular formula is C27H27BrFN3O3. The van der Waals surface area contributed by atoms with E-state index in [1.807, 2.05) is 22.9 Å². The molecule has 35 heavy (non-hydrogen) atoms. The molecule has 0 aliphatic heterocycles. The molecule has 8 heteroatoms. The molecule has 0 fully saturated rings. The number of hydrogen-bond acceptors (Lipinski definition) is 5. The predicted octanol–water partition coefficient (Wildman–Crippen LogP) is 6.35. The molecular weight excluding hydrogens is 513 g/mol. The lowest BCUT2D eigenvalue weighted by molar-refractivity contribution is 0.264. The van der Waals surface area contributed by atoms with E-state index in [0.29, 0.717) is 27.4 Å². The van der Waals surface area contributed by atoms with Gasteiger partial charge in [-0.3, -0.25) is 0 Å². The third-order valence-electron chi connectivity index (χ3n) is 5.68. The van der Waals surface area contributed by atoms with E-state index >= 15 is 0 Å². The molecule has 2 aromatic carbocycles. The number of aliphatic hydroxyl groups excluding tert-OH is 1. The van der Waals surface area contributed by atoms with Crippen LogP contribution in [-0.2, 0) is 26.2 Å². The smallest absolute Gasteiger partial charge is 0.218 e. The molecule has 0 aliphatic carbocycles. The molecule has 0 radical (unpaired) electrons. The van der Waals surface area contributed by atoms with Gasteiger partial charge in [0.1, 0.15) is 42.6 Å². The first-order chi connectivity index (χ1) is 17.0. The number of hydrogen-bond donors (Lipinski definition) is 1. The summed E-state index contributed by atoms with van der Waals surface area (Å²) in [5.41, 5.74) is 3.58. The summed E-state index contributed by atoms with van der Waals surface area (Å²) in [5.74, 6) is 1.54. The number of oxazole rings is 1. The van der Waals surface area contributed by atoms with E-state index in [1.54, 1.807) is 36.7 Å². The molecule has 2 aromatic heterocycles. The Morgan fingerprint density at radius 3 is 2.86 bits per heavy atom. The highest BCUT2D eigenvalue weighted by molar-refractivity contribution is 9.10. The van der Waals surface area contributed by atoms with Gasteiger partial charge in [-0.25, -0.2) is 14.4 Å². The van der Waals surface area contributed by atoms with Gasteiger partial charge in [0.15, 0.2) is 0 Å². The van der Waals surface area contributed by atoms with E-state index in [4.69, 9.17) is 9.15 Å². The Morgan fingerprint density at radius 1 is 1.17 bits per heavy atom. The van der Waals surface area contributed by atoms with Crippen molar-refractivity contribution in [1.82, 2.24) is 14.5 Å². The number of halogens is 2. The van der Waals surface area contributed by atoms with Crippen molar-refractivity contribution < 1.29 is 18.7 Å². The maximum absolute atomic E-state index is 13.9. The molecule has 0 saturated carbocycles. The minimum atomic E-state index is -0.321. The molecule has 2 heterocycles. The Hall–Kier alpha value is -3.23. The monoisotopic (exact) mass is 539 g/mol. The number of ether oxygens (including phenoxy) is 1. The van der Waals surface area contributed by atoms with Crippen molar-refractivity contribution in [3.63, 3.8) is 0 Å². The van der Waals surface area contributed by atoms with Crippen molar-refractivity contribution in [3.05, 3.63) is 99.4 Å². The minimum Gasteiger partial charge on any atom is -0.487 e. The van der Waals surface area contributed by atoms with Gasteiger partial charge >= 0.3 is 0 Å². The van der Waals surface area contributed by atoms with Gasteiger partial charge in [0.2, 0.25) is 5.89 Å². The molecule has 4 rings (SSSR count). The van der Waals surface area contributed by atoms with Crippen molar-refractivity contribution in [2.75, 3.05) is 0 Å². The van der Waals surface area contributed by atoms with E-state index in [-0.39, 0.29) is 19.0 Å². The highest BCUT2D eigenvalue weighted by Gasteiger charge is 2.07. The van der Waals surface area contributed by atoms with Crippen LogP contribution in [0.2, 0.25) is 0 Å². The quantitative estimate of drug-likeness (QED) is 0.225. The molecule has 0 spiro atoms. The molecule has 182 valence electrons. The van der Waals surface area contributed by atoms with Gasteiger partial charge < -0.3 is 18.8 Å². The standard InChI is InChI=1S/C27H27BrFN3O3/c1-19-14-24(9-6-20(19)4-2-3-12-32-13-11-30-26(32)16-33)34-17-23-18-35-27(31-23)10-7-21-5-8-22(28)15-25(21)29/h5-11,13-15,18,33H,2-4,12,16-17H2,1H3/b10-7+. The lowest BCUT2D eigenvalue weighted by Gasteiger charge is -2.10. The number of nitrogens with zero attached hydrogens (tertiary/aromatic N) is 3. The summed E-state index contributed by atoms with van der Waals surface area (Å²) < 4.78 is 28.0. The summed E-state index contributed by atoms with van der Waals surface area (Å²) in [7, 11) is 0. The lowest BCUT2D eigenvalue weighted by Crippen LogP contribution is -2.03. The maximum atomic E-state index is 13.9. The van der Waals surface area contributed by atoms with Crippen LogP contribution >= 0.6 is 15.9 Å². The molecule has 0 bridgehead atoms. The molecule has 4 aromatic rings. The zero-order valence-corrected chi connectivity index (χ0v) is 21.0. The average Bonchev–Trinajstić information content (AvgIpc) is 3.50. The van der Waals surface area contributed by atoms with E-state index in [2.05, 4.69) is 38.9 Å². The van der Waals surface area contributed by atoms with Crippen LogP contribution in [0.15, 0.2) is 63.9 Å². The van der Waals surface area contributed by atoms with E-state index in [0.717, 1.165) is 31.6 Å². The zero-order valence-electron chi connectivity index (χ0n) is 19.5. The molecule has 0 atom stereocenters. The fourth-order valence-corrected chi connectivity index (χ4v) is 4.09. The largest absolute Gasteiger partial charge is 0.487 e. The number of aromatic nitrogens is 3. The summed E-state index contributed by atoms with van der Waals surface area (Å²) in [6, 6.07) is 11.0. The number of benzene rings is 2. The van der Waals surface area contributed by atoms with Gasteiger partial charge in [-0.15, -0.1) is 0 Å². The van der Waals surface area contributed by atoms with Gasteiger partial charge in [-0.1, -0.05) is 28.1 Å². The Bertz CT molecular complexity index is 1300. The number of rotatable bonds is 11. The highest BCUT2D eigenvalue weighted by Crippen LogP contribution is 2.21. The third kappa shape index (κ3) is 6.90. The lowest BCUT2D eigenvalue weighted by atomic mass is 10.0. The fraction of sp³-hybridized carbons (Fsp3) is 0.259. The molecule has 0 aliphatic rings. The molecule has 0 amide bonds. The van der Waals surface area contributed by atoms with E-state index in [9.17, 15) is 9.50 Å². The first kappa shape index (κ1) is 24.9. The van der Waals surface area contributed by atoms with Crippen molar-refractivity contribution in [3.8, 4) is 5.75 Å².